The summed E-state index contributed by atoms with van der Waals surface area (Å²) in [5, 5.41) is 12.5. The Kier molecular flexibility index (Phi) is 12.0. The molecule has 0 spiro atoms. The van der Waals surface area contributed by atoms with Crippen molar-refractivity contribution in [2.24, 2.45) is 11.5 Å². The molecule has 2 heterocycles. The molecule has 0 aliphatic rings. The highest BCUT2D eigenvalue weighted by atomic mass is 35.5. The molecule has 0 radical (unpaired) electrons. The summed E-state index contributed by atoms with van der Waals surface area (Å²) in [5.41, 5.74) is 14.5. The van der Waals surface area contributed by atoms with Crippen LogP contribution in [0.5, 0.6) is 5.75 Å². The molecule has 4 aromatic rings. The van der Waals surface area contributed by atoms with Crippen LogP contribution in [-0.4, -0.2) is 50.4 Å². The van der Waals surface area contributed by atoms with Crippen LogP contribution in [0.1, 0.15) is 36.1 Å². The quantitative estimate of drug-likeness (QED) is 0.182. The molecule has 0 saturated carbocycles. The van der Waals surface area contributed by atoms with Crippen LogP contribution in [-0.2, 0) is 52.8 Å². The third-order valence-corrected chi connectivity index (χ3v) is 11.0. The number of carboxylic acid groups (broad SMARTS) is 1. The lowest BCUT2D eigenvalue weighted by Gasteiger charge is -2.10. The normalized spacial score (nSPS) is 13.0. The second-order valence-electron chi connectivity index (χ2n) is 9.28. The SMILES string of the molecule is COc1cccc2c1c(CS(=O)(=S)c1ccc(Cl)s1)nn2Cc1cccc(CCC(=O)[C@@H](N)CCC(N)=O)c1.O=CO. The van der Waals surface area contributed by atoms with Gasteiger partial charge in [0.1, 0.15) is 11.5 Å². The number of hydrogen-bond donors (Lipinski definition) is 3. The van der Waals surface area contributed by atoms with Crippen molar-refractivity contribution >= 4 is 71.7 Å². The molecule has 4 rings (SSSR count). The van der Waals surface area contributed by atoms with E-state index in [4.69, 9.17) is 54.0 Å². The van der Waals surface area contributed by atoms with Crippen molar-refractivity contribution in [2.75, 3.05) is 7.11 Å². The minimum atomic E-state index is -2.84. The third kappa shape index (κ3) is 8.82. The van der Waals surface area contributed by atoms with Crippen molar-refractivity contribution in [2.45, 2.75) is 48.2 Å². The van der Waals surface area contributed by atoms with Gasteiger partial charge in [-0.3, -0.25) is 23.3 Å². The van der Waals surface area contributed by atoms with Crippen molar-refractivity contribution in [3.8, 4) is 5.75 Å². The minimum absolute atomic E-state index is 0.0706. The molecule has 2 atom stereocenters. The first-order chi connectivity index (χ1) is 20.0. The second-order valence-corrected chi connectivity index (χ2v) is 14.8. The number of rotatable bonds is 13. The average Bonchev–Trinajstić information content (AvgIpc) is 3.54. The number of amides is 1. The van der Waals surface area contributed by atoms with Gasteiger partial charge in [0.15, 0.2) is 0 Å². The van der Waals surface area contributed by atoms with Gasteiger partial charge in [-0.15, -0.1) is 11.3 Å². The van der Waals surface area contributed by atoms with E-state index in [0.717, 1.165) is 22.0 Å². The number of halogens is 1. The highest BCUT2D eigenvalue weighted by Crippen LogP contribution is 2.34. The van der Waals surface area contributed by atoms with Crippen LogP contribution in [0, 0.1) is 0 Å². The van der Waals surface area contributed by atoms with Crippen LogP contribution in [0.25, 0.3) is 10.9 Å². The Bertz CT molecular complexity index is 1670. The highest BCUT2D eigenvalue weighted by molar-refractivity contribution is 8.33. The van der Waals surface area contributed by atoms with Gasteiger partial charge in [0.25, 0.3) is 6.47 Å². The van der Waals surface area contributed by atoms with E-state index in [9.17, 15) is 13.8 Å². The number of primary amides is 1. The van der Waals surface area contributed by atoms with E-state index in [0.29, 0.717) is 33.0 Å². The summed E-state index contributed by atoms with van der Waals surface area (Å²) in [4.78, 5) is 31.7. The molecule has 2 aromatic heterocycles. The fraction of sp³-hybridized carbons (Fsp3) is 0.286. The maximum Gasteiger partial charge on any atom is 0.290 e. The summed E-state index contributed by atoms with van der Waals surface area (Å²) >= 11 is 12.8. The topological polar surface area (TPSA) is 168 Å². The summed E-state index contributed by atoms with van der Waals surface area (Å²) in [5.74, 6) is 0.129. The van der Waals surface area contributed by atoms with Crippen LogP contribution in [0.2, 0.25) is 4.34 Å². The van der Waals surface area contributed by atoms with Gasteiger partial charge in [-0.05, 0) is 59.4 Å². The van der Waals surface area contributed by atoms with Crippen LogP contribution in [0.4, 0.5) is 0 Å². The molecular weight excluding hydrogens is 620 g/mol. The van der Waals surface area contributed by atoms with Crippen molar-refractivity contribution in [3.63, 3.8) is 0 Å². The molecule has 5 N–H and O–H groups in total. The maximum atomic E-state index is 13.5. The molecule has 0 saturated heterocycles. The number of carbonyl (C=O) groups excluding carboxylic acids is 2. The second kappa shape index (κ2) is 15.2. The summed E-state index contributed by atoms with van der Waals surface area (Å²) in [7, 11) is -1.25. The zero-order chi connectivity index (χ0) is 30.9. The van der Waals surface area contributed by atoms with Gasteiger partial charge in [0.2, 0.25) is 5.91 Å². The zero-order valence-electron chi connectivity index (χ0n) is 22.7. The van der Waals surface area contributed by atoms with Gasteiger partial charge in [-0.2, -0.15) is 5.10 Å². The third-order valence-electron chi connectivity index (χ3n) is 6.31. The Morgan fingerprint density at radius 3 is 2.52 bits per heavy atom. The average molecular weight is 651 g/mol. The first-order valence-electron chi connectivity index (χ1n) is 12.7. The Morgan fingerprint density at radius 1 is 1.19 bits per heavy atom. The molecular formula is C28H31ClN4O6S3. The number of thiophene rings is 1. The van der Waals surface area contributed by atoms with Crippen molar-refractivity contribution in [1.82, 2.24) is 9.78 Å². The lowest BCUT2D eigenvalue weighted by molar-refractivity contribution is -0.123. The number of Topliss-reactive ketones (excluding diaryl/α,β-unsaturated/α-hetero) is 1. The number of fused-ring (bicyclic) bond motifs is 1. The highest BCUT2D eigenvalue weighted by Gasteiger charge is 2.22. The predicted octanol–water partition coefficient (Wildman–Crippen LogP) is 3.91. The van der Waals surface area contributed by atoms with E-state index in [-0.39, 0.29) is 37.3 Å². The van der Waals surface area contributed by atoms with E-state index in [2.05, 4.69) is 0 Å². The van der Waals surface area contributed by atoms with Crippen molar-refractivity contribution in [3.05, 3.63) is 75.8 Å². The number of nitrogens with two attached hydrogens (primary N) is 2. The van der Waals surface area contributed by atoms with Crippen molar-refractivity contribution < 1.29 is 28.4 Å². The number of aromatic nitrogens is 2. The number of ketones is 1. The van der Waals surface area contributed by atoms with Crippen LogP contribution in [0.15, 0.2) is 58.8 Å². The first-order valence-corrected chi connectivity index (χ1v) is 16.6. The summed E-state index contributed by atoms with van der Waals surface area (Å²) in [6.07, 6.45) is 1.14. The van der Waals surface area contributed by atoms with E-state index in [1.165, 1.54) is 11.3 Å². The number of benzene rings is 2. The molecule has 0 fully saturated rings. The summed E-state index contributed by atoms with van der Waals surface area (Å²) < 4.78 is 22.0. The van der Waals surface area contributed by atoms with Crippen LogP contribution in [0.3, 0.4) is 0 Å². The maximum absolute atomic E-state index is 13.5. The molecule has 0 bridgehead atoms. The van der Waals surface area contributed by atoms with Crippen molar-refractivity contribution in [1.29, 1.82) is 0 Å². The number of methoxy groups -OCH3 is 1. The number of ether oxygens (including phenoxy) is 1. The Labute approximate surface area is 257 Å². The fourth-order valence-electron chi connectivity index (χ4n) is 4.35. The summed E-state index contributed by atoms with van der Waals surface area (Å²) in [6, 6.07) is 16.3. The first kappa shape index (κ1) is 33.1. The molecule has 14 heteroatoms. The smallest absolute Gasteiger partial charge is 0.290 e. The molecule has 1 unspecified atom stereocenters. The Morgan fingerprint density at radius 2 is 1.88 bits per heavy atom. The van der Waals surface area contributed by atoms with Gasteiger partial charge in [-0.1, -0.05) is 41.9 Å². The van der Waals surface area contributed by atoms with E-state index in [1.54, 1.807) is 19.2 Å². The lowest BCUT2D eigenvalue weighted by atomic mass is 9.99. The van der Waals surface area contributed by atoms with E-state index in [1.807, 2.05) is 47.1 Å². The predicted molar refractivity (Wildman–Crippen MR) is 167 cm³/mol. The monoisotopic (exact) mass is 650 g/mol. The lowest BCUT2D eigenvalue weighted by Crippen LogP contribution is -2.32. The van der Waals surface area contributed by atoms with Crippen LogP contribution < -0.4 is 16.2 Å². The van der Waals surface area contributed by atoms with Gasteiger partial charge in [0.05, 0.1) is 59.1 Å². The number of aryl methyl sites for hydroxylation is 1. The van der Waals surface area contributed by atoms with Gasteiger partial charge in [0, 0.05) is 12.8 Å². The minimum Gasteiger partial charge on any atom is -0.496 e. The summed E-state index contributed by atoms with van der Waals surface area (Å²) in [6.45, 7) is 0.201. The Balaban J connectivity index is 0.00000155. The number of carbonyl (C=O) groups is 3. The molecule has 0 aliphatic carbocycles. The molecule has 224 valence electrons. The number of hydrogen-bond acceptors (Lipinski definition) is 9. The Hall–Kier alpha value is -3.36. The molecule has 10 nitrogen and oxygen atoms in total. The van der Waals surface area contributed by atoms with Gasteiger partial charge < -0.3 is 21.3 Å². The molecule has 42 heavy (non-hydrogen) atoms. The van der Waals surface area contributed by atoms with Crippen LogP contribution >= 0.6 is 22.9 Å². The fourth-order valence-corrected chi connectivity index (χ4v) is 8.01. The standard InChI is InChI=1S/C27H29ClN4O4S3.CH2O2/c1-36-23-7-3-6-21-27(23)20(16-39(35,37)26-13-11-24(28)38-26)31-32(21)15-18-5-2-4-17(14-18)8-10-22(33)19(29)9-12-25(30)34;2-1-3/h2-7,11,13-14,19H,8-10,12,15-16,29H2,1H3,(H2,30,34);1H,(H,2,3)/t19-,39?;/m0./s1. The van der Waals surface area contributed by atoms with E-state index < -0.39 is 20.4 Å². The molecule has 0 aliphatic heterocycles. The van der Waals surface area contributed by atoms with Gasteiger partial charge >= 0.3 is 0 Å². The van der Waals surface area contributed by atoms with E-state index >= 15 is 0 Å². The molecule has 2 aromatic carbocycles. The largest absolute Gasteiger partial charge is 0.496 e. The zero-order valence-corrected chi connectivity index (χ0v) is 25.9. The van der Waals surface area contributed by atoms with Gasteiger partial charge in [-0.25, -0.2) is 0 Å². The number of nitrogens with zero attached hydrogens (tertiary/aromatic N) is 2. The molecule has 1 amide bonds.